The van der Waals surface area contributed by atoms with Gasteiger partial charge in [0.25, 0.3) is 5.91 Å². The molecule has 0 aliphatic carbocycles. The lowest BCUT2D eigenvalue weighted by molar-refractivity contribution is -0.0446. The predicted octanol–water partition coefficient (Wildman–Crippen LogP) is 1.54. The smallest absolute Gasteiger partial charge is 0.268 e. The van der Waals surface area contributed by atoms with Gasteiger partial charge in [-0.1, -0.05) is 6.07 Å². The van der Waals surface area contributed by atoms with E-state index < -0.39 is 38.6 Å². The van der Waals surface area contributed by atoms with Gasteiger partial charge in [0.2, 0.25) is 0 Å². The second-order valence-electron chi connectivity index (χ2n) is 2.98. The number of benzene rings is 1. The largest absolute Gasteiger partial charge is 0.516 e. The minimum atomic E-state index is -6.01. The van der Waals surface area contributed by atoms with Crippen LogP contribution in [0.15, 0.2) is 18.2 Å². The molecule has 1 aromatic carbocycles. The van der Waals surface area contributed by atoms with Gasteiger partial charge in [-0.2, -0.15) is 21.6 Å². The molecule has 4 nitrogen and oxygen atoms in total. The monoisotopic (exact) mass is 289 g/mol. The number of carbonyl (C=O) groups is 1. The van der Waals surface area contributed by atoms with E-state index in [1.165, 1.54) is 0 Å². The molecule has 0 unspecified atom stereocenters. The average molecular weight is 289 g/mol. The second-order valence-corrected chi connectivity index (χ2v) is 4.65. The number of carbonyl (C=O) groups excluding carboxylic acids is 1. The van der Waals surface area contributed by atoms with Gasteiger partial charge in [0, 0.05) is 0 Å². The van der Waals surface area contributed by atoms with Gasteiger partial charge in [0.05, 0.1) is 0 Å². The molecule has 0 aliphatic rings. The SMILES string of the molecule is O=C(NS(=O)(=O)C(F)(F)F)c1c(F)cccc1F. The van der Waals surface area contributed by atoms with Crippen LogP contribution < -0.4 is 4.72 Å². The summed E-state index contributed by atoms with van der Waals surface area (Å²) >= 11 is 0. The van der Waals surface area contributed by atoms with Gasteiger partial charge in [-0.3, -0.25) is 4.79 Å². The Hall–Kier alpha value is -1.71. The zero-order valence-electron chi connectivity index (χ0n) is 8.25. The molecule has 0 bridgehead atoms. The predicted molar refractivity (Wildman–Crippen MR) is 48.8 cm³/mol. The first-order valence-corrected chi connectivity index (χ1v) is 5.62. The third-order valence-corrected chi connectivity index (χ3v) is 2.79. The van der Waals surface area contributed by atoms with E-state index >= 15 is 0 Å². The van der Waals surface area contributed by atoms with E-state index in [1.54, 1.807) is 0 Å². The van der Waals surface area contributed by atoms with Crippen LogP contribution in [-0.4, -0.2) is 19.8 Å². The molecule has 1 amide bonds. The maximum absolute atomic E-state index is 13.0. The summed E-state index contributed by atoms with van der Waals surface area (Å²) in [6.45, 7) is 0. The second kappa shape index (κ2) is 4.52. The molecule has 1 aromatic rings. The third-order valence-electron chi connectivity index (χ3n) is 1.72. The van der Waals surface area contributed by atoms with Crippen LogP contribution in [0.2, 0.25) is 0 Å². The molecule has 0 spiro atoms. The number of alkyl halides is 3. The summed E-state index contributed by atoms with van der Waals surface area (Å²) < 4.78 is 83.4. The first kappa shape index (κ1) is 14.4. The average Bonchev–Trinajstić information content (AvgIpc) is 2.14. The molecule has 0 aliphatic heterocycles. The highest BCUT2D eigenvalue weighted by Gasteiger charge is 2.47. The summed E-state index contributed by atoms with van der Waals surface area (Å²) in [5.74, 6) is -5.00. The van der Waals surface area contributed by atoms with E-state index in [9.17, 15) is 35.2 Å². The lowest BCUT2D eigenvalue weighted by Gasteiger charge is -2.10. The van der Waals surface area contributed by atoms with E-state index in [0.29, 0.717) is 16.9 Å². The van der Waals surface area contributed by atoms with Gasteiger partial charge in [-0.15, -0.1) is 0 Å². The number of amides is 1. The van der Waals surface area contributed by atoms with E-state index in [-0.39, 0.29) is 0 Å². The third kappa shape index (κ3) is 2.75. The van der Waals surface area contributed by atoms with E-state index in [4.69, 9.17) is 0 Å². The van der Waals surface area contributed by atoms with Crippen LogP contribution in [0.3, 0.4) is 0 Å². The first-order chi connectivity index (χ1) is 8.06. The van der Waals surface area contributed by atoms with Crippen molar-refractivity contribution in [2.45, 2.75) is 5.51 Å². The fourth-order valence-electron chi connectivity index (χ4n) is 0.946. The number of sulfonamides is 1. The molecular formula is C8H4F5NO3S. The minimum absolute atomic E-state index is 0.522. The summed E-state index contributed by atoms with van der Waals surface area (Å²) in [7, 11) is -6.01. The normalized spacial score (nSPS) is 12.3. The van der Waals surface area contributed by atoms with Crippen molar-refractivity contribution in [3.8, 4) is 0 Å². The maximum atomic E-state index is 13.0. The van der Waals surface area contributed by atoms with Crippen molar-refractivity contribution in [1.29, 1.82) is 0 Å². The zero-order valence-corrected chi connectivity index (χ0v) is 9.07. The molecule has 18 heavy (non-hydrogen) atoms. The molecule has 0 aromatic heterocycles. The van der Waals surface area contributed by atoms with Gasteiger partial charge in [0.1, 0.15) is 17.2 Å². The van der Waals surface area contributed by atoms with Crippen molar-refractivity contribution < 1.29 is 35.2 Å². The quantitative estimate of drug-likeness (QED) is 0.840. The molecule has 1 N–H and O–H groups in total. The van der Waals surface area contributed by atoms with E-state index in [1.807, 2.05) is 0 Å². The Morgan fingerprint density at radius 3 is 1.94 bits per heavy atom. The lowest BCUT2D eigenvalue weighted by Crippen LogP contribution is -2.40. The number of hydrogen-bond acceptors (Lipinski definition) is 3. The van der Waals surface area contributed by atoms with Gasteiger partial charge in [-0.05, 0) is 12.1 Å². The molecule has 1 rings (SSSR count). The summed E-state index contributed by atoms with van der Waals surface area (Å²) in [5, 5.41) is 0. The molecule has 0 saturated heterocycles. The van der Waals surface area contributed by atoms with Crippen LogP contribution in [0.25, 0.3) is 0 Å². The van der Waals surface area contributed by atoms with Crippen LogP contribution in [0, 0.1) is 11.6 Å². The molecule has 0 fully saturated rings. The van der Waals surface area contributed by atoms with Crippen molar-refractivity contribution in [2.75, 3.05) is 0 Å². The molecule has 0 atom stereocenters. The number of rotatable bonds is 2. The Morgan fingerprint density at radius 1 is 1.11 bits per heavy atom. The molecule has 0 saturated carbocycles. The number of halogens is 5. The summed E-state index contributed by atoms with van der Waals surface area (Å²) in [4.78, 5) is 11.1. The van der Waals surface area contributed by atoms with Crippen molar-refractivity contribution >= 4 is 15.9 Å². The van der Waals surface area contributed by atoms with Crippen molar-refractivity contribution in [1.82, 2.24) is 4.72 Å². The van der Waals surface area contributed by atoms with Crippen molar-refractivity contribution in [2.24, 2.45) is 0 Å². The van der Waals surface area contributed by atoms with Crippen LogP contribution in [0.1, 0.15) is 10.4 Å². The Kier molecular flexibility index (Phi) is 3.60. The van der Waals surface area contributed by atoms with Gasteiger partial charge < -0.3 is 0 Å². The van der Waals surface area contributed by atoms with E-state index in [2.05, 4.69) is 0 Å². The van der Waals surface area contributed by atoms with Crippen LogP contribution in [0.4, 0.5) is 22.0 Å². The lowest BCUT2D eigenvalue weighted by atomic mass is 10.2. The van der Waals surface area contributed by atoms with Crippen LogP contribution >= 0.6 is 0 Å². The highest BCUT2D eigenvalue weighted by molar-refractivity contribution is 7.90. The maximum Gasteiger partial charge on any atom is 0.516 e. The fourth-order valence-corrected chi connectivity index (χ4v) is 1.41. The standard InChI is InChI=1S/C8H4F5NO3S/c9-4-2-1-3-5(10)6(4)7(15)14-18(16,17)8(11,12)13/h1-3H,(H,14,15). The summed E-state index contributed by atoms with van der Waals surface area (Å²) in [6, 6.07) is 2.05. The Balaban J connectivity index is 3.12. The highest BCUT2D eigenvalue weighted by atomic mass is 32.2. The Bertz CT molecular complexity index is 561. The van der Waals surface area contributed by atoms with Gasteiger partial charge in [0.15, 0.2) is 0 Å². The topological polar surface area (TPSA) is 63.2 Å². The first-order valence-electron chi connectivity index (χ1n) is 4.13. The molecule has 0 heterocycles. The van der Waals surface area contributed by atoms with Crippen LogP contribution in [-0.2, 0) is 10.0 Å². The molecule has 0 radical (unpaired) electrons. The fraction of sp³-hybridized carbons (Fsp3) is 0.125. The summed E-state index contributed by atoms with van der Waals surface area (Å²) in [6.07, 6.45) is 0. The van der Waals surface area contributed by atoms with Crippen molar-refractivity contribution in [3.63, 3.8) is 0 Å². The van der Waals surface area contributed by atoms with Gasteiger partial charge >= 0.3 is 15.5 Å². The molecular weight excluding hydrogens is 285 g/mol. The number of hydrogen-bond donors (Lipinski definition) is 1. The minimum Gasteiger partial charge on any atom is -0.268 e. The Labute approximate surface area is 97.5 Å². The summed E-state index contributed by atoms with van der Waals surface area (Å²) in [5.41, 5.74) is -7.17. The van der Waals surface area contributed by atoms with Gasteiger partial charge in [-0.25, -0.2) is 13.5 Å². The molecule has 10 heteroatoms. The number of nitrogens with one attached hydrogen (secondary N) is 1. The Morgan fingerprint density at radius 2 is 1.56 bits per heavy atom. The molecule has 100 valence electrons. The highest BCUT2D eigenvalue weighted by Crippen LogP contribution is 2.22. The van der Waals surface area contributed by atoms with E-state index in [0.717, 1.165) is 6.07 Å². The zero-order chi connectivity index (χ0) is 14.1. The van der Waals surface area contributed by atoms with Crippen molar-refractivity contribution in [3.05, 3.63) is 35.4 Å². The van der Waals surface area contributed by atoms with Crippen LogP contribution in [0.5, 0.6) is 0 Å².